The van der Waals surface area contributed by atoms with Crippen molar-refractivity contribution in [1.29, 1.82) is 5.41 Å². The standard InChI is InChI=1S/C22H24F3N5O3/c1-12(22(23,24)25)30-19(27)17(20(28)31)18(26)14-9-7-13(8-10-14)11-29-21(32)15-5-3-4-6-16(15)33-2/h3-10,12,26,30H,11,27H2,1-2H3,(H2,28,31)(H,29,32)/b19-17+,26-18?. The van der Waals surface area contributed by atoms with Gasteiger partial charge in [-0.15, -0.1) is 0 Å². The van der Waals surface area contributed by atoms with Gasteiger partial charge in [0.25, 0.3) is 11.8 Å². The maximum absolute atomic E-state index is 12.8. The summed E-state index contributed by atoms with van der Waals surface area (Å²) in [5, 5.41) is 12.9. The first-order valence-corrected chi connectivity index (χ1v) is 9.68. The van der Waals surface area contributed by atoms with Crippen LogP contribution in [0.3, 0.4) is 0 Å². The maximum Gasteiger partial charge on any atom is 0.408 e. The topological polar surface area (TPSA) is 143 Å². The third-order valence-electron chi connectivity index (χ3n) is 4.68. The molecule has 0 spiro atoms. The first-order valence-electron chi connectivity index (χ1n) is 9.68. The van der Waals surface area contributed by atoms with Gasteiger partial charge in [0.05, 0.1) is 18.4 Å². The Hall–Kier alpha value is -4.02. The Balaban J connectivity index is 2.14. The van der Waals surface area contributed by atoms with Crippen LogP contribution in [0.4, 0.5) is 13.2 Å². The molecule has 0 heterocycles. The first-order chi connectivity index (χ1) is 15.5. The summed E-state index contributed by atoms with van der Waals surface area (Å²) in [6.07, 6.45) is -4.61. The molecule has 8 nitrogen and oxygen atoms in total. The smallest absolute Gasteiger partial charge is 0.408 e. The van der Waals surface area contributed by atoms with E-state index in [1.807, 2.05) is 5.32 Å². The number of alkyl halides is 3. The van der Waals surface area contributed by atoms with Crippen LogP contribution >= 0.6 is 0 Å². The number of rotatable bonds is 9. The number of ether oxygens (including phenoxy) is 1. The van der Waals surface area contributed by atoms with Crippen LogP contribution < -0.4 is 26.8 Å². The highest BCUT2D eigenvalue weighted by atomic mass is 19.4. The van der Waals surface area contributed by atoms with Crippen LogP contribution in [0.5, 0.6) is 5.75 Å². The van der Waals surface area contributed by atoms with Gasteiger partial charge in [-0.25, -0.2) is 0 Å². The second-order valence-electron chi connectivity index (χ2n) is 7.02. The van der Waals surface area contributed by atoms with Gasteiger partial charge < -0.3 is 26.8 Å². The fraction of sp³-hybridized carbons (Fsp3) is 0.227. The minimum absolute atomic E-state index is 0.163. The number of carbonyl (C=O) groups excluding carboxylic acids is 2. The summed E-state index contributed by atoms with van der Waals surface area (Å²) in [7, 11) is 1.46. The zero-order valence-electron chi connectivity index (χ0n) is 17.9. The SMILES string of the molecule is COc1ccccc1C(=O)NCc1ccc(C(=N)/C(C(N)=O)=C(/N)NC(C)C(F)(F)F)cc1. The fourth-order valence-corrected chi connectivity index (χ4v) is 2.82. The van der Waals surface area contributed by atoms with E-state index in [1.54, 1.807) is 36.4 Å². The van der Waals surface area contributed by atoms with E-state index in [9.17, 15) is 22.8 Å². The third-order valence-corrected chi connectivity index (χ3v) is 4.68. The highest BCUT2D eigenvalue weighted by Gasteiger charge is 2.36. The predicted molar refractivity (Wildman–Crippen MR) is 116 cm³/mol. The molecule has 176 valence electrons. The normalized spacial score (nSPS) is 12.9. The molecule has 0 aliphatic rings. The largest absolute Gasteiger partial charge is 0.496 e. The monoisotopic (exact) mass is 463 g/mol. The highest BCUT2D eigenvalue weighted by molar-refractivity contribution is 6.26. The third kappa shape index (κ3) is 6.48. The Morgan fingerprint density at radius 2 is 1.70 bits per heavy atom. The van der Waals surface area contributed by atoms with Gasteiger partial charge in [0.15, 0.2) is 0 Å². The van der Waals surface area contributed by atoms with Crippen LogP contribution in [-0.2, 0) is 11.3 Å². The van der Waals surface area contributed by atoms with Crippen LogP contribution in [0.1, 0.15) is 28.4 Å². The molecule has 0 fully saturated rings. The molecule has 1 atom stereocenters. The highest BCUT2D eigenvalue weighted by Crippen LogP contribution is 2.21. The van der Waals surface area contributed by atoms with Crippen molar-refractivity contribution in [3.8, 4) is 5.75 Å². The van der Waals surface area contributed by atoms with Crippen LogP contribution in [0.15, 0.2) is 59.9 Å². The van der Waals surface area contributed by atoms with Gasteiger partial charge in [0.2, 0.25) is 0 Å². The second-order valence-corrected chi connectivity index (χ2v) is 7.02. The quantitative estimate of drug-likeness (QED) is 0.286. The van der Waals surface area contributed by atoms with Gasteiger partial charge in [0.1, 0.15) is 23.2 Å². The number of halogens is 3. The number of amides is 2. The number of hydrogen-bond donors (Lipinski definition) is 5. The lowest BCUT2D eigenvalue weighted by Crippen LogP contribution is -2.43. The molecule has 2 aromatic carbocycles. The lowest BCUT2D eigenvalue weighted by atomic mass is 10.00. The lowest BCUT2D eigenvalue weighted by molar-refractivity contribution is -0.149. The van der Waals surface area contributed by atoms with Gasteiger partial charge in [0, 0.05) is 12.1 Å². The Morgan fingerprint density at radius 1 is 1.09 bits per heavy atom. The van der Waals surface area contributed by atoms with Crippen molar-refractivity contribution in [3.05, 3.63) is 76.6 Å². The molecular weight excluding hydrogens is 439 g/mol. The van der Waals surface area contributed by atoms with Gasteiger partial charge in [-0.05, 0) is 24.6 Å². The number of benzene rings is 2. The second kappa shape index (κ2) is 10.5. The van der Waals surface area contributed by atoms with E-state index in [4.69, 9.17) is 21.6 Å². The number of hydrogen-bond acceptors (Lipinski definition) is 6. The molecule has 0 aliphatic carbocycles. The van der Waals surface area contributed by atoms with E-state index >= 15 is 0 Å². The summed E-state index contributed by atoms with van der Waals surface area (Å²) in [5.74, 6) is -1.71. The van der Waals surface area contributed by atoms with Crippen molar-refractivity contribution in [1.82, 2.24) is 10.6 Å². The summed E-state index contributed by atoms with van der Waals surface area (Å²) < 4.78 is 43.5. The van der Waals surface area contributed by atoms with E-state index in [-0.39, 0.29) is 18.0 Å². The summed E-state index contributed by atoms with van der Waals surface area (Å²) >= 11 is 0. The van der Waals surface area contributed by atoms with E-state index in [1.165, 1.54) is 19.2 Å². The summed E-state index contributed by atoms with van der Waals surface area (Å²) in [6, 6.07) is 10.8. The Kier molecular flexibility index (Phi) is 8.05. The van der Waals surface area contributed by atoms with E-state index in [2.05, 4.69) is 5.32 Å². The zero-order valence-corrected chi connectivity index (χ0v) is 17.9. The molecule has 11 heteroatoms. The zero-order chi connectivity index (χ0) is 24.8. The Labute approximate surface area is 188 Å². The minimum atomic E-state index is -4.61. The van der Waals surface area contributed by atoms with E-state index in [0.29, 0.717) is 16.9 Å². The van der Waals surface area contributed by atoms with Crippen LogP contribution in [0.2, 0.25) is 0 Å². The molecule has 0 aliphatic heterocycles. The van der Waals surface area contributed by atoms with Crippen molar-refractivity contribution >= 4 is 17.5 Å². The van der Waals surface area contributed by atoms with Crippen molar-refractivity contribution < 1.29 is 27.5 Å². The first kappa shape index (κ1) is 25.2. The fourth-order valence-electron chi connectivity index (χ4n) is 2.82. The van der Waals surface area contributed by atoms with Crippen molar-refractivity contribution in [2.45, 2.75) is 25.7 Å². The number of carbonyl (C=O) groups is 2. The van der Waals surface area contributed by atoms with Gasteiger partial charge in [-0.3, -0.25) is 15.0 Å². The summed E-state index contributed by atoms with van der Waals surface area (Å²) in [6.45, 7) is 0.985. The number of nitrogens with one attached hydrogen (secondary N) is 3. The molecule has 0 saturated heterocycles. The summed E-state index contributed by atoms with van der Waals surface area (Å²) in [5.41, 5.74) is 11.1. The Morgan fingerprint density at radius 3 is 2.24 bits per heavy atom. The van der Waals surface area contributed by atoms with E-state index < -0.39 is 35.2 Å². The van der Waals surface area contributed by atoms with Crippen LogP contribution in [0.25, 0.3) is 0 Å². The predicted octanol–water partition coefficient (Wildman–Crippen LogP) is 2.19. The molecular formula is C22H24F3N5O3. The molecule has 0 aromatic heterocycles. The Bertz CT molecular complexity index is 1070. The number of methoxy groups -OCH3 is 1. The lowest BCUT2D eigenvalue weighted by Gasteiger charge is -2.20. The number of nitrogens with two attached hydrogens (primary N) is 2. The molecule has 7 N–H and O–H groups in total. The summed E-state index contributed by atoms with van der Waals surface area (Å²) in [4.78, 5) is 24.2. The number of para-hydroxylation sites is 1. The average molecular weight is 463 g/mol. The molecule has 0 bridgehead atoms. The average Bonchev–Trinajstić information content (AvgIpc) is 2.76. The van der Waals surface area contributed by atoms with Crippen LogP contribution in [-0.4, -0.2) is 36.9 Å². The molecule has 1 unspecified atom stereocenters. The van der Waals surface area contributed by atoms with Gasteiger partial charge in [-0.1, -0.05) is 36.4 Å². The minimum Gasteiger partial charge on any atom is -0.496 e. The molecule has 2 aromatic rings. The molecule has 2 amide bonds. The van der Waals surface area contributed by atoms with Crippen molar-refractivity contribution in [2.75, 3.05) is 7.11 Å². The number of primary amides is 1. The van der Waals surface area contributed by atoms with Crippen molar-refractivity contribution in [3.63, 3.8) is 0 Å². The molecule has 0 radical (unpaired) electrons. The van der Waals surface area contributed by atoms with Crippen LogP contribution in [0, 0.1) is 5.41 Å². The molecule has 2 rings (SSSR count). The van der Waals surface area contributed by atoms with Crippen molar-refractivity contribution in [2.24, 2.45) is 11.5 Å². The van der Waals surface area contributed by atoms with E-state index in [0.717, 1.165) is 6.92 Å². The molecule has 33 heavy (non-hydrogen) atoms. The maximum atomic E-state index is 12.8. The molecule has 0 saturated carbocycles. The van der Waals surface area contributed by atoms with Gasteiger partial charge in [-0.2, -0.15) is 13.2 Å². The van der Waals surface area contributed by atoms with Gasteiger partial charge >= 0.3 is 6.18 Å².